The number of hydrogen-bond acceptors (Lipinski definition) is 3. The summed E-state index contributed by atoms with van der Waals surface area (Å²) in [5, 5.41) is 0. The highest BCUT2D eigenvalue weighted by Crippen LogP contribution is 2.26. The Morgan fingerprint density at radius 1 is 1.10 bits per heavy atom. The van der Waals surface area contributed by atoms with Gasteiger partial charge in [0, 0.05) is 10.6 Å². The van der Waals surface area contributed by atoms with Gasteiger partial charge in [-0.2, -0.15) is 0 Å². The Hall–Kier alpha value is -1.74. The van der Waals surface area contributed by atoms with E-state index in [0.717, 1.165) is 11.3 Å². The Bertz CT molecular complexity index is 620. The maximum atomic E-state index is 11.7. The molecule has 0 spiro atoms. The third-order valence-electron chi connectivity index (χ3n) is 3.30. The topological polar surface area (TPSA) is 26.3 Å². The number of esters is 1. The molecule has 2 rings (SSSR count). The predicted octanol–water partition coefficient (Wildman–Crippen LogP) is 4.38. The lowest BCUT2D eigenvalue weighted by Crippen LogP contribution is -2.04. The van der Waals surface area contributed by atoms with Crippen molar-refractivity contribution in [2.24, 2.45) is 0 Å². The molecule has 0 aliphatic heterocycles. The van der Waals surface area contributed by atoms with Crippen LogP contribution in [0.15, 0.2) is 47.4 Å². The molecule has 0 atom stereocenters. The monoisotopic (exact) mass is 286 g/mol. The lowest BCUT2D eigenvalue weighted by Gasteiger charge is -2.08. The average Bonchev–Trinajstić information content (AvgIpc) is 2.48. The van der Waals surface area contributed by atoms with Crippen LogP contribution >= 0.6 is 11.8 Å². The van der Waals surface area contributed by atoms with E-state index in [2.05, 4.69) is 32.0 Å². The number of ether oxygens (including phenoxy) is 1. The molecule has 0 N–H and O–H groups in total. The SMILES string of the molecule is COC(=O)c1ccccc1CSc1ccc(C)c(C)c1. The number of thioether (sulfide) groups is 1. The second kappa shape index (κ2) is 6.62. The summed E-state index contributed by atoms with van der Waals surface area (Å²) in [7, 11) is 1.41. The first kappa shape index (κ1) is 14.7. The van der Waals surface area contributed by atoms with Gasteiger partial charge in [0.2, 0.25) is 0 Å². The fourth-order valence-electron chi connectivity index (χ4n) is 1.92. The fourth-order valence-corrected chi connectivity index (χ4v) is 2.92. The second-order valence-corrected chi connectivity index (χ2v) is 5.73. The number of hydrogen-bond donors (Lipinski definition) is 0. The van der Waals surface area contributed by atoms with Gasteiger partial charge in [-0.15, -0.1) is 11.8 Å². The molecular formula is C17H18O2S. The minimum Gasteiger partial charge on any atom is -0.465 e. The van der Waals surface area contributed by atoms with E-state index in [-0.39, 0.29) is 5.97 Å². The quantitative estimate of drug-likeness (QED) is 0.616. The highest BCUT2D eigenvalue weighted by Gasteiger charge is 2.11. The third-order valence-corrected chi connectivity index (χ3v) is 4.34. The Morgan fingerprint density at radius 2 is 1.85 bits per heavy atom. The van der Waals surface area contributed by atoms with Crippen molar-refractivity contribution in [3.8, 4) is 0 Å². The van der Waals surface area contributed by atoms with Crippen LogP contribution in [0.3, 0.4) is 0 Å². The minimum atomic E-state index is -0.277. The van der Waals surface area contributed by atoms with Crippen LogP contribution in [-0.4, -0.2) is 13.1 Å². The van der Waals surface area contributed by atoms with Crippen molar-refractivity contribution in [3.05, 3.63) is 64.7 Å². The molecule has 0 aliphatic rings. The van der Waals surface area contributed by atoms with Crippen molar-refractivity contribution >= 4 is 17.7 Å². The van der Waals surface area contributed by atoms with Gasteiger partial charge in [0.15, 0.2) is 0 Å². The van der Waals surface area contributed by atoms with Crippen molar-refractivity contribution in [3.63, 3.8) is 0 Å². The summed E-state index contributed by atoms with van der Waals surface area (Å²) in [4.78, 5) is 12.9. The molecule has 0 bridgehead atoms. The van der Waals surface area contributed by atoms with E-state index in [1.165, 1.54) is 23.1 Å². The Morgan fingerprint density at radius 3 is 2.55 bits per heavy atom. The maximum Gasteiger partial charge on any atom is 0.338 e. The van der Waals surface area contributed by atoms with Gasteiger partial charge in [-0.05, 0) is 48.7 Å². The molecule has 0 saturated heterocycles. The largest absolute Gasteiger partial charge is 0.465 e. The molecule has 2 nitrogen and oxygen atoms in total. The van der Waals surface area contributed by atoms with Crippen molar-refractivity contribution in [1.82, 2.24) is 0 Å². The number of benzene rings is 2. The van der Waals surface area contributed by atoms with Gasteiger partial charge in [0.25, 0.3) is 0 Å². The van der Waals surface area contributed by atoms with Crippen LogP contribution in [0.5, 0.6) is 0 Å². The first-order valence-electron chi connectivity index (χ1n) is 6.48. The van der Waals surface area contributed by atoms with E-state index in [1.54, 1.807) is 11.8 Å². The molecule has 0 heterocycles. The summed E-state index contributed by atoms with van der Waals surface area (Å²) < 4.78 is 4.82. The zero-order valence-corrected chi connectivity index (χ0v) is 12.8. The molecule has 0 unspecified atom stereocenters. The molecule has 0 radical (unpaired) electrons. The van der Waals surface area contributed by atoms with Crippen LogP contribution in [0.2, 0.25) is 0 Å². The first-order chi connectivity index (χ1) is 9.61. The van der Waals surface area contributed by atoms with Crippen LogP contribution < -0.4 is 0 Å². The minimum absolute atomic E-state index is 0.277. The molecule has 3 heteroatoms. The highest BCUT2D eigenvalue weighted by atomic mass is 32.2. The summed E-state index contributed by atoms with van der Waals surface area (Å²) in [5.74, 6) is 0.481. The zero-order valence-electron chi connectivity index (χ0n) is 12.0. The number of carbonyl (C=O) groups excluding carboxylic acids is 1. The van der Waals surface area contributed by atoms with Gasteiger partial charge in [-0.25, -0.2) is 4.79 Å². The van der Waals surface area contributed by atoms with Crippen molar-refractivity contribution in [2.75, 3.05) is 7.11 Å². The molecule has 20 heavy (non-hydrogen) atoms. The van der Waals surface area contributed by atoms with Crippen molar-refractivity contribution < 1.29 is 9.53 Å². The smallest absolute Gasteiger partial charge is 0.338 e. The summed E-state index contributed by atoms with van der Waals surface area (Å²) >= 11 is 1.73. The summed E-state index contributed by atoms with van der Waals surface area (Å²) in [6.45, 7) is 4.22. The average molecular weight is 286 g/mol. The molecule has 0 fully saturated rings. The summed E-state index contributed by atoms with van der Waals surface area (Å²) in [6.07, 6.45) is 0. The molecular weight excluding hydrogens is 268 g/mol. The number of rotatable bonds is 4. The van der Waals surface area contributed by atoms with Gasteiger partial charge in [-0.3, -0.25) is 0 Å². The number of aryl methyl sites for hydroxylation is 2. The van der Waals surface area contributed by atoms with E-state index in [4.69, 9.17) is 4.74 Å². The second-order valence-electron chi connectivity index (χ2n) is 4.68. The van der Waals surface area contributed by atoms with E-state index < -0.39 is 0 Å². The van der Waals surface area contributed by atoms with Crippen molar-refractivity contribution in [1.29, 1.82) is 0 Å². The maximum absolute atomic E-state index is 11.7. The van der Waals surface area contributed by atoms with Crippen LogP contribution in [-0.2, 0) is 10.5 Å². The van der Waals surface area contributed by atoms with Crippen LogP contribution in [0, 0.1) is 13.8 Å². The lowest BCUT2D eigenvalue weighted by molar-refractivity contribution is 0.0600. The summed E-state index contributed by atoms with van der Waals surface area (Å²) in [5.41, 5.74) is 4.23. The number of methoxy groups -OCH3 is 1. The van der Waals surface area contributed by atoms with E-state index in [1.807, 2.05) is 24.3 Å². The van der Waals surface area contributed by atoms with Gasteiger partial charge in [0.05, 0.1) is 12.7 Å². The number of carbonyl (C=O) groups is 1. The molecule has 0 aliphatic carbocycles. The molecule has 0 amide bonds. The van der Waals surface area contributed by atoms with Gasteiger partial charge in [-0.1, -0.05) is 24.3 Å². The lowest BCUT2D eigenvalue weighted by atomic mass is 10.1. The molecule has 0 saturated carbocycles. The highest BCUT2D eigenvalue weighted by molar-refractivity contribution is 7.98. The summed E-state index contributed by atoms with van der Waals surface area (Å²) in [6, 6.07) is 14.0. The molecule has 2 aromatic rings. The first-order valence-corrected chi connectivity index (χ1v) is 7.46. The fraction of sp³-hybridized carbons (Fsp3) is 0.235. The Kier molecular flexibility index (Phi) is 4.85. The molecule has 2 aromatic carbocycles. The Balaban J connectivity index is 2.14. The Labute approximate surface area is 124 Å². The van der Waals surface area contributed by atoms with Crippen LogP contribution in [0.1, 0.15) is 27.0 Å². The predicted molar refractivity (Wildman–Crippen MR) is 83.3 cm³/mol. The van der Waals surface area contributed by atoms with Crippen LogP contribution in [0.4, 0.5) is 0 Å². The zero-order chi connectivity index (χ0) is 14.5. The van der Waals surface area contributed by atoms with E-state index >= 15 is 0 Å². The van der Waals surface area contributed by atoms with Crippen molar-refractivity contribution in [2.45, 2.75) is 24.5 Å². The third kappa shape index (κ3) is 3.42. The normalized spacial score (nSPS) is 10.3. The molecule has 104 valence electrons. The standard InChI is InChI=1S/C17H18O2S/c1-12-8-9-15(10-13(12)2)20-11-14-6-4-5-7-16(14)17(18)19-3/h4-10H,11H2,1-3H3. The van der Waals surface area contributed by atoms with E-state index in [0.29, 0.717) is 5.56 Å². The van der Waals surface area contributed by atoms with Crippen LogP contribution in [0.25, 0.3) is 0 Å². The van der Waals surface area contributed by atoms with Gasteiger partial charge in [0.1, 0.15) is 0 Å². The van der Waals surface area contributed by atoms with Gasteiger partial charge < -0.3 is 4.74 Å². The van der Waals surface area contributed by atoms with E-state index in [9.17, 15) is 4.79 Å². The molecule has 0 aromatic heterocycles. The van der Waals surface area contributed by atoms with Gasteiger partial charge >= 0.3 is 5.97 Å².